The molecule has 4 rings (SSSR count). The van der Waals surface area contributed by atoms with Crippen LogP contribution in [0.15, 0.2) is 83.1 Å². The quantitative estimate of drug-likeness (QED) is 0.192. The number of para-hydroxylation sites is 1. The molecule has 4 aromatic rings. The van der Waals surface area contributed by atoms with Crippen molar-refractivity contribution in [3.63, 3.8) is 0 Å². The van der Waals surface area contributed by atoms with E-state index in [-0.39, 0.29) is 17.4 Å². The molecule has 0 aliphatic rings. The number of phenolic OH excluding ortho intramolecular Hbond substituents is 1. The number of halogens is 2. The number of aromatic hydroxyl groups is 1. The van der Waals surface area contributed by atoms with E-state index in [9.17, 15) is 9.90 Å². The molecule has 0 spiro atoms. The van der Waals surface area contributed by atoms with Crippen LogP contribution in [-0.4, -0.2) is 37.2 Å². The third kappa shape index (κ3) is 5.59. The van der Waals surface area contributed by atoms with E-state index in [4.69, 9.17) is 23.2 Å². The van der Waals surface area contributed by atoms with Gasteiger partial charge in [0.2, 0.25) is 0 Å². The second kappa shape index (κ2) is 10.7. The normalized spacial score (nSPS) is 11.4. The Labute approximate surface area is 210 Å². The Morgan fingerprint density at radius 3 is 2.32 bits per heavy atom. The number of benzene rings is 3. The fourth-order valence-corrected chi connectivity index (χ4v) is 4.12. The van der Waals surface area contributed by atoms with E-state index in [1.54, 1.807) is 55.5 Å². The number of nitrogens with one attached hydrogen (secondary N) is 1. The first kappa shape index (κ1) is 23.8. The highest BCUT2D eigenvalue weighted by molar-refractivity contribution is 7.99. The molecule has 2 N–H and O–H groups in total. The maximum atomic E-state index is 12.5. The Hall–Kier alpha value is -3.33. The van der Waals surface area contributed by atoms with Crippen molar-refractivity contribution in [2.75, 3.05) is 5.75 Å². The standard InChI is InChI=1S/C24H19Cl2N5O2S/c1-15(20-4-2-3-5-21(20)32)27-28-22(33)14-34-24-30-29-23(16-6-8-17(25)9-7-16)31(24)19-12-10-18(26)11-13-19/h2-13,32H,14H2,1H3,(H,28,33)/b27-15-. The number of hydrogen-bond acceptors (Lipinski definition) is 6. The van der Waals surface area contributed by atoms with Gasteiger partial charge in [-0.1, -0.05) is 47.1 Å². The number of thioether (sulfide) groups is 1. The molecular formula is C24H19Cl2N5O2S. The smallest absolute Gasteiger partial charge is 0.250 e. The average Bonchev–Trinajstić information content (AvgIpc) is 3.26. The van der Waals surface area contributed by atoms with Gasteiger partial charge in [0.05, 0.1) is 11.5 Å². The molecule has 172 valence electrons. The predicted octanol–water partition coefficient (Wildman–Crippen LogP) is 5.58. The maximum absolute atomic E-state index is 12.5. The van der Waals surface area contributed by atoms with Gasteiger partial charge in [0.1, 0.15) is 5.75 Å². The van der Waals surface area contributed by atoms with E-state index in [0.29, 0.717) is 32.3 Å². The molecule has 1 heterocycles. The van der Waals surface area contributed by atoms with E-state index in [1.165, 1.54) is 11.8 Å². The number of aromatic nitrogens is 3. The maximum Gasteiger partial charge on any atom is 0.250 e. The summed E-state index contributed by atoms with van der Waals surface area (Å²) >= 11 is 13.3. The Kier molecular flexibility index (Phi) is 7.52. The summed E-state index contributed by atoms with van der Waals surface area (Å²) in [6.07, 6.45) is 0. The summed E-state index contributed by atoms with van der Waals surface area (Å²) < 4.78 is 1.86. The van der Waals surface area contributed by atoms with Crippen LogP contribution < -0.4 is 5.43 Å². The molecule has 0 unspecified atom stereocenters. The van der Waals surface area contributed by atoms with Crippen LogP contribution in [0.25, 0.3) is 17.1 Å². The Morgan fingerprint density at radius 1 is 1.00 bits per heavy atom. The van der Waals surface area contributed by atoms with Gasteiger partial charge in [0.25, 0.3) is 5.91 Å². The largest absolute Gasteiger partial charge is 0.507 e. The molecule has 34 heavy (non-hydrogen) atoms. The summed E-state index contributed by atoms with van der Waals surface area (Å²) in [5, 5.41) is 24.4. The van der Waals surface area contributed by atoms with Crippen molar-refractivity contribution in [3.8, 4) is 22.8 Å². The summed E-state index contributed by atoms with van der Waals surface area (Å²) in [5.41, 5.74) is 5.18. The van der Waals surface area contributed by atoms with Crippen LogP contribution in [0.5, 0.6) is 5.75 Å². The van der Waals surface area contributed by atoms with Gasteiger partial charge in [-0.15, -0.1) is 10.2 Å². The second-order valence-corrected chi connectivity index (χ2v) is 8.98. The van der Waals surface area contributed by atoms with Crippen LogP contribution in [0.2, 0.25) is 10.0 Å². The number of hydrazone groups is 1. The molecule has 0 aliphatic carbocycles. The molecule has 0 saturated heterocycles. The second-order valence-electron chi connectivity index (χ2n) is 7.16. The lowest BCUT2D eigenvalue weighted by Gasteiger charge is -2.10. The first-order valence-electron chi connectivity index (χ1n) is 10.1. The summed E-state index contributed by atoms with van der Waals surface area (Å²) in [7, 11) is 0. The van der Waals surface area contributed by atoms with Crippen LogP contribution >= 0.6 is 35.0 Å². The molecule has 0 radical (unpaired) electrons. The summed E-state index contributed by atoms with van der Waals surface area (Å²) in [5.74, 6) is 0.441. The molecule has 0 atom stereocenters. The fraction of sp³-hybridized carbons (Fsp3) is 0.0833. The van der Waals surface area contributed by atoms with Crippen LogP contribution in [0.3, 0.4) is 0 Å². The summed E-state index contributed by atoms with van der Waals surface area (Å²) in [6, 6.07) is 21.3. The van der Waals surface area contributed by atoms with E-state index in [2.05, 4.69) is 20.7 Å². The number of amides is 1. The molecule has 7 nitrogen and oxygen atoms in total. The van der Waals surface area contributed by atoms with Gasteiger partial charge in [0, 0.05) is 26.9 Å². The van der Waals surface area contributed by atoms with Gasteiger partial charge >= 0.3 is 0 Å². The zero-order chi connectivity index (χ0) is 24.1. The first-order chi connectivity index (χ1) is 16.4. The predicted molar refractivity (Wildman–Crippen MR) is 136 cm³/mol. The Balaban J connectivity index is 1.54. The number of carbonyl (C=O) groups excluding carboxylic acids is 1. The van der Waals surface area contributed by atoms with E-state index < -0.39 is 0 Å². The van der Waals surface area contributed by atoms with Crippen LogP contribution in [-0.2, 0) is 4.79 Å². The zero-order valence-corrected chi connectivity index (χ0v) is 20.3. The third-order valence-corrected chi connectivity index (χ3v) is 6.23. The number of nitrogens with zero attached hydrogens (tertiary/aromatic N) is 4. The highest BCUT2D eigenvalue weighted by Gasteiger charge is 2.17. The minimum absolute atomic E-state index is 0.0594. The Bertz CT molecular complexity index is 1340. The van der Waals surface area contributed by atoms with Crippen molar-refractivity contribution in [3.05, 3.63) is 88.4 Å². The molecule has 1 amide bonds. The van der Waals surface area contributed by atoms with Crippen molar-refractivity contribution < 1.29 is 9.90 Å². The topological polar surface area (TPSA) is 92.4 Å². The van der Waals surface area contributed by atoms with Crippen LogP contribution in [0, 0.1) is 0 Å². The van der Waals surface area contributed by atoms with Crippen molar-refractivity contribution >= 4 is 46.6 Å². The molecule has 0 aliphatic heterocycles. The average molecular weight is 512 g/mol. The lowest BCUT2D eigenvalue weighted by Crippen LogP contribution is -2.21. The molecular weight excluding hydrogens is 493 g/mol. The third-order valence-electron chi connectivity index (χ3n) is 4.80. The zero-order valence-electron chi connectivity index (χ0n) is 17.9. The molecule has 1 aromatic heterocycles. The molecule has 3 aromatic carbocycles. The highest BCUT2D eigenvalue weighted by Crippen LogP contribution is 2.29. The SMILES string of the molecule is C/C(=N/NC(=O)CSc1nnc(-c2ccc(Cl)cc2)n1-c1ccc(Cl)cc1)c1ccccc1O. The van der Waals surface area contributed by atoms with Gasteiger partial charge in [-0.05, 0) is 67.6 Å². The number of hydrogen-bond donors (Lipinski definition) is 2. The van der Waals surface area contributed by atoms with Crippen molar-refractivity contribution in [2.24, 2.45) is 5.10 Å². The summed E-state index contributed by atoms with van der Waals surface area (Å²) in [6.45, 7) is 1.71. The van der Waals surface area contributed by atoms with Gasteiger partial charge in [-0.2, -0.15) is 5.10 Å². The van der Waals surface area contributed by atoms with Gasteiger partial charge in [-0.25, -0.2) is 5.43 Å². The summed E-state index contributed by atoms with van der Waals surface area (Å²) in [4.78, 5) is 12.5. The van der Waals surface area contributed by atoms with Crippen molar-refractivity contribution in [1.29, 1.82) is 0 Å². The molecule has 0 bridgehead atoms. The van der Waals surface area contributed by atoms with Gasteiger partial charge in [0.15, 0.2) is 11.0 Å². The monoisotopic (exact) mass is 511 g/mol. The van der Waals surface area contributed by atoms with Crippen molar-refractivity contribution in [1.82, 2.24) is 20.2 Å². The minimum Gasteiger partial charge on any atom is -0.507 e. The van der Waals surface area contributed by atoms with Crippen LogP contribution in [0.4, 0.5) is 0 Å². The lowest BCUT2D eigenvalue weighted by atomic mass is 10.1. The number of phenols is 1. The van der Waals surface area contributed by atoms with Crippen molar-refractivity contribution in [2.45, 2.75) is 12.1 Å². The molecule has 10 heteroatoms. The number of rotatable bonds is 7. The Morgan fingerprint density at radius 2 is 1.65 bits per heavy atom. The molecule has 0 fully saturated rings. The van der Waals surface area contributed by atoms with Gasteiger partial charge < -0.3 is 5.11 Å². The lowest BCUT2D eigenvalue weighted by molar-refractivity contribution is -0.118. The fourth-order valence-electron chi connectivity index (χ4n) is 3.12. The highest BCUT2D eigenvalue weighted by atomic mass is 35.5. The number of carbonyl (C=O) groups is 1. The van der Waals surface area contributed by atoms with E-state index >= 15 is 0 Å². The minimum atomic E-state index is -0.321. The van der Waals surface area contributed by atoms with Crippen LogP contribution in [0.1, 0.15) is 12.5 Å². The van der Waals surface area contributed by atoms with E-state index in [0.717, 1.165) is 11.3 Å². The van der Waals surface area contributed by atoms with Gasteiger partial charge in [-0.3, -0.25) is 9.36 Å². The first-order valence-corrected chi connectivity index (χ1v) is 11.9. The van der Waals surface area contributed by atoms with E-state index in [1.807, 2.05) is 28.8 Å². The molecule has 0 saturated carbocycles.